The third-order valence-electron chi connectivity index (χ3n) is 8.90. The summed E-state index contributed by atoms with van der Waals surface area (Å²) in [5, 5.41) is 41.4. The van der Waals surface area contributed by atoms with Crippen LogP contribution in [0.3, 0.4) is 0 Å². The van der Waals surface area contributed by atoms with E-state index < -0.39 is 160 Å². The van der Waals surface area contributed by atoms with Crippen molar-refractivity contribution in [2.24, 2.45) is 0 Å². The highest BCUT2D eigenvalue weighted by Gasteiger charge is 2.46. The second-order valence-electron chi connectivity index (χ2n) is 12.7. The summed E-state index contributed by atoms with van der Waals surface area (Å²) in [5.41, 5.74) is -27.8. The van der Waals surface area contributed by atoms with E-state index in [9.17, 15) is 73.7 Å². The van der Waals surface area contributed by atoms with Gasteiger partial charge in [-0.25, -0.2) is 35.1 Å². The van der Waals surface area contributed by atoms with E-state index in [1.807, 2.05) is 0 Å². The second kappa shape index (κ2) is 16.3. The first-order valence-corrected chi connectivity index (χ1v) is 16.3. The summed E-state index contributed by atoms with van der Waals surface area (Å²) >= 11 is 0. The molecule has 1 aliphatic rings. The Morgan fingerprint density at radius 3 is 0.500 bits per heavy atom. The molecule has 0 heterocycles. The number of benzene rings is 4. The predicted octanol–water partition coefficient (Wildman–Crippen LogP) is 13.1. The fourth-order valence-electron chi connectivity index (χ4n) is 6.45. The monoisotopic (exact) mass is 924 g/mol. The molecule has 328 valence electrons. The molecule has 0 aromatic heterocycles. The van der Waals surface area contributed by atoms with Crippen molar-refractivity contribution in [2.45, 2.75) is 24.7 Å². The fourth-order valence-corrected chi connectivity index (χ4v) is 6.45. The van der Waals surface area contributed by atoms with Crippen LogP contribution in [0, 0.1) is 91.9 Å². The third-order valence-corrected chi connectivity index (χ3v) is 8.90. The Labute approximate surface area is 342 Å². The van der Waals surface area contributed by atoms with E-state index >= 15 is 35.1 Å². The molecule has 0 N–H and O–H groups in total. The molecule has 0 saturated heterocycles. The van der Waals surface area contributed by atoms with Gasteiger partial charge in [0.15, 0.2) is 0 Å². The maximum Gasteiger partial charge on any atom is 0.422 e. The van der Waals surface area contributed by atoms with Gasteiger partial charge in [0, 0.05) is 22.3 Å². The van der Waals surface area contributed by atoms with E-state index in [1.54, 1.807) is 0 Å². The van der Waals surface area contributed by atoms with Gasteiger partial charge in [-0.2, -0.15) is 73.7 Å². The molecule has 1 saturated carbocycles. The van der Waals surface area contributed by atoms with Crippen LogP contribution in [0.4, 0.5) is 87.8 Å². The zero-order valence-electron chi connectivity index (χ0n) is 30.0. The standard InChI is InChI=1S/C40H8F20N4/c41-21-1-13(2-22(42)33(21)37(49,50)51)17(9-61)29-30(18(10-62)14-3-23(43)34(24(44)4-14)38(52,53)54)32(20(12-64)16-7-27(47)36(28(48)8-16)40(58,59)60)31(29)19(11-63)15-5-25(45)35(26(46)6-15)39(55,56)57/h1-8H. The quantitative estimate of drug-likeness (QED) is 0.150. The first-order chi connectivity index (χ1) is 29.4. The van der Waals surface area contributed by atoms with Crippen LogP contribution < -0.4 is 0 Å². The summed E-state index contributed by atoms with van der Waals surface area (Å²) in [5.74, 6) is -20.3. The molecule has 0 radical (unpaired) electrons. The number of nitrogens with zero attached hydrogens (tertiary/aromatic N) is 4. The molecule has 0 aliphatic heterocycles. The minimum Gasteiger partial charge on any atom is -0.206 e. The Morgan fingerprint density at radius 2 is 0.406 bits per heavy atom. The minimum absolute atomic E-state index is 0.257. The Hall–Kier alpha value is -7.60. The molecule has 0 bridgehead atoms. The van der Waals surface area contributed by atoms with Crippen molar-refractivity contribution < 1.29 is 87.8 Å². The van der Waals surface area contributed by atoms with Gasteiger partial charge in [-0.1, -0.05) is 0 Å². The highest BCUT2D eigenvalue weighted by Crippen LogP contribution is 2.57. The van der Waals surface area contributed by atoms with E-state index in [4.69, 9.17) is 0 Å². The molecular formula is C40H8F20N4. The van der Waals surface area contributed by atoms with Gasteiger partial charge < -0.3 is 0 Å². The van der Waals surface area contributed by atoms with Crippen LogP contribution in [0.5, 0.6) is 0 Å². The van der Waals surface area contributed by atoms with Gasteiger partial charge in [-0.05, 0) is 70.8 Å². The van der Waals surface area contributed by atoms with Crippen LogP contribution in [-0.4, -0.2) is 0 Å². The third kappa shape index (κ3) is 8.34. The largest absolute Gasteiger partial charge is 0.422 e. The summed E-state index contributed by atoms with van der Waals surface area (Å²) < 4.78 is 282. The van der Waals surface area contributed by atoms with E-state index in [1.165, 1.54) is 0 Å². The Morgan fingerprint density at radius 1 is 0.281 bits per heavy atom. The van der Waals surface area contributed by atoms with E-state index in [0.717, 1.165) is 24.3 Å². The Kier molecular flexibility index (Phi) is 12.1. The van der Waals surface area contributed by atoms with Crippen LogP contribution in [0.25, 0.3) is 22.3 Å². The molecule has 4 aromatic rings. The average Bonchev–Trinajstić information content (AvgIpc) is 3.11. The molecule has 0 amide bonds. The first kappa shape index (κ1) is 47.4. The molecule has 5 rings (SSSR count). The van der Waals surface area contributed by atoms with E-state index in [-0.39, 0.29) is 48.5 Å². The maximum absolute atomic E-state index is 15.0. The predicted molar refractivity (Wildman–Crippen MR) is 176 cm³/mol. The summed E-state index contributed by atoms with van der Waals surface area (Å²) in [6.45, 7) is 0. The van der Waals surface area contributed by atoms with Gasteiger partial charge in [0.25, 0.3) is 0 Å². The molecule has 0 unspecified atom stereocenters. The lowest BCUT2D eigenvalue weighted by Gasteiger charge is -2.35. The van der Waals surface area contributed by atoms with Gasteiger partial charge in [-0.15, -0.1) is 0 Å². The molecule has 64 heavy (non-hydrogen) atoms. The van der Waals surface area contributed by atoms with Gasteiger partial charge in [0.05, 0.1) is 22.3 Å². The molecule has 0 spiro atoms. The van der Waals surface area contributed by atoms with Crippen LogP contribution in [0.15, 0.2) is 70.8 Å². The lowest BCUT2D eigenvalue weighted by molar-refractivity contribution is -0.143. The van der Waals surface area contributed by atoms with Crippen molar-refractivity contribution in [2.75, 3.05) is 0 Å². The van der Waals surface area contributed by atoms with Crippen molar-refractivity contribution in [1.82, 2.24) is 0 Å². The number of nitriles is 4. The fraction of sp³-hybridized carbons (Fsp3) is 0.100. The topological polar surface area (TPSA) is 95.2 Å². The minimum atomic E-state index is -5.82. The van der Waals surface area contributed by atoms with Gasteiger partial charge in [0.2, 0.25) is 0 Å². The summed E-state index contributed by atoms with van der Waals surface area (Å²) in [6.07, 6.45) is -23.3. The smallest absolute Gasteiger partial charge is 0.206 e. The lowest BCUT2D eigenvalue weighted by Crippen LogP contribution is -2.22. The number of allylic oxidation sites excluding steroid dienone is 8. The molecule has 4 aromatic carbocycles. The van der Waals surface area contributed by atoms with Crippen molar-refractivity contribution >= 4 is 22.3 Å². The Balaban J connectivity index is 2.16. The molecule has 4 nitrogen and oxygen atoms in total. The maximum atomic E-state index is 15.0. The number of alkyl halides is 12. The number of hydrogen-bond acceptors (Lipinski definition) is 4. The van der Waals surface area contributed by atoms with Crippen molar-refractivity contribution in [3.63, 3.8) is 0 Å². The number of halogens is 20. The molecule has 24 heteroatoms. The zero-order chi connectivity index (χ0) is 48.3. The lowest BCUT2D eigenvalue weighted by atomic mass is 9.64. The average molecular weight is 924 g/mol. The van der Waals surface area contributed by atoms with E-state index in [2.05, 4.69) is 0 Å². The molecular weight excluding hydrogens is 916 g/mol. The van der Waals surface area contributed by atoms with Gasteiger partial charge in [-0.3, -0.25) is 0 Å². The highest BCUT2D eigenvalue weighted by molar-refractivity contribution is 6.12. The molecule has 1 aliphatic carbocycles. The highest BCUT2D eigenvalue weighted by atomic mass is 19.4. The van der Waals surface area contributed by atoms with Gasteiger partial charge in [0.1, 0.15) is 93.1 Å². The summed E-state index contributed by atoms with van der Waals surface area (Å²) in [6, 6.07) is 2.55. The van der Waals surface area contributed by atoms with Crippen LogP contribution >= 0.6 is 0 Å². The number of rotatable bonds is 4. The first-order valence-electron chi connectivity index (χ1n) is 16.3. The van der Waals surface area contributed by atoms with Crippen LogP contribution in [0.1, 0.15) is 44.5 Å². The Bertz CT molecular complexity index is 2490. The molecule has 0 atom stereocenters. The van der Waals surface area contributed by atoms with Crippen molar-refractivity contribution in [1.29, 1.82) is 21.0 Å². The SMILES string of the molecule is N#CC(=C1C(=C(C#N)c2cc(F)c(C(F)(F)F)c(F)c2)C(=C(C#N)c2cc(F)c(C(F)(F)F)c(F)c2)C1=C(C#N)c1cc(F)c(C(F)(F)F)c(F)c1)c1cc(F)c(C(F)(F)F)c(F)c1. The summed E-state index contributed by atoms with van der Waals surface area (Å²) in [4.78, 5) is 0. The molecule has 1 fully saturated rings. The summed E-state index contributed by atoms with van der Waals surface area (Å²) in [7, 11) is 0. The second-order valence-corrected chi connectivity index (χ2v) is 12.7. The van der Waals surface area contributed by atoms with Crippen LogP contribution in [-0.2, 0) is 24.7 Å². The normalized spacial score (nSPS) is 13.1. The van der Waals surface area contributed by atoms with Crippen molar-refractivity contribution in [3.05, 3.63) is 162 Å². The van der Waals surface area contributed by atoms with Gasteiger partial charge >= 0.3 is 24.7 Å². The number of hydrogen-bond donors (Lipinski definition) is 0. The van der Waals surface area contributed by atoms with Crippen molar-refractivity contribution in [3.8, 4) is 24.3 Å². The zero-order valence-corrected chi connectivity index (χ0v) is 30.0. The van der Waals surface area contributed by atoms with Crippen LogP contribution in [0.2, 0.25) is 0 Å². The van der Waals surface area contributed by atoms with E-state index in [0.29, 0.717) is 0 Å².